The van der Waals surface area contributed by atoms with Crippen LogP contribution in [0.1, 0.15) is 45.4 Å². The zero-order valence-electron chi connectivity index (χ0n) is 7.62. The van der Waals surface area contributed by atoms with Gasteiger partial charge < -0.3 is 0 Å². The summed E-state index contributed by atoms with van der Waals surface area (Å²) in [6, 6.07) is 0. The van der Waals surface area contributed by atoms with Gasteiger partial charge in [0.1, 0.15) is 0 Å². The maximum absolute atomic E-state index is 4.59. The van der Waals surface area contributed by atoms with E-state index < -0.39 is 0 Å². The zero-order chi connectivity index (χ0) is 9.07. The van der Waals surface area contributed by atoms with Crippen LogP contribution in [0, 0.1) is 0 Å². The molecule has 4 heteroatoms. The first-order valence-electron chi connectivity index (χ1n) is 4.51. The second kappa shape index (κ2) is 11.2. The lowest BCUT2D eigenvalue weighted by Gasteiger charge is -1.99. The maximum Gasteiger partial charge on any atom is 0.0854 e. The number of rotatable bonds is 9. The average Bonchev–Trinajstić information content (AvgIpc) is 2.10. The SMILES string of the molecule is CCCCCCCCOOOS. The van der Waals surface area contributed by atoms with E-state index in [1.807, 2.05) is 0 Å². The Morgan fingerprint density at radius 1 is 1.00 bits per heavy atom. The van der Waals surface area contributed by atoms with E-state index in [0.717, 1.165) is 6.42 Å². The van der Waals surface area contributed by atoms with Crippen LogP contribution in [0.25, 0.3) is 0 Å². The fourth-order valence-electron chi connectivity index (χ4n) is 0.997. The van der Waals surface area contributed by atoms with Crippen LogP contribution < -0.4 is 0 Å². The number of unbranched alkanes of at least 4 members (excludes halogenated alkanes) is 5. The van der Waals surface area contributed by atoms with Gasteiger partial charge in [-0.15, -0.1) is 4.33 Å². The monoisotopic (exact) mass is 194 g/mol. The van der Waals surface area contributed by atoms with Crippen molar-refractivity contribution >= 4 is 12.9 Å². The predicted molar refractivity (Wildman–Crippen MR) is 50.5 cm³/mol. The Bertz CT molecular complexity index is 70.7. The lowest BCUT2D eigenvalue weighted by atomic mass is 10.1. The Hall–Kier alpha value is 0.230. The molecule has 0 unspecified atom stereocenters. The van der Waals surface area contributed by atoms with E-state index >= 15 is 0 Å². The molecule has 0 heterocycles. The molecular formula is C8H18O3S. The van der Waals surface area contributed by atoms with E-state index in [4.69, 9.17) is 0 Å². The Morgan fingerprint density at radius 3 is 2.33 bits per heavy atom. The summed E-state index contributed by atoms with van der Waals surface area (Å²) in [5, 5.41) is 4.13. The standard InChI is InChI=1S/C8H18O3S/c1-2-3-4-5-6-7-8-9-10-11-12/h12H,2-8H2,1H3. The molecule has 0 amide bonds. The van der Waals surface area contributed by atoms with E-state index in [1.165, 1.54) is 32.1 Å². The van der Waals surface area contributed by atoms with Crippen molar-refractivity contribution in [2.45, 2.75) is 45.4 Å². The van der Waals surface area contributed by atoms with Crippen molar-refractivity contribution < 1.29 is 14.3 Å². The molecule has 0 aliphatic heterocycles. The van der Waals surface area contributed by atoms with Gasteiger partial charge in [-0.25, -0.2) is 4.89 Å². The lowest BCUT2D eigenvalue weighted by molar-refractivity contribution is -0.459. The van der Waals surface area contributed by atoms with Crippen molar-refractivity contribution in [3.63, 3.8) is 0 Å². The van der Waals surface area contributed by atoms with Gasteiger partial charge in [-0.05, 0) is 6.42 Å². The van der Waals surface area contributed by atoms with Crippen LogP contribution in [0.15, 0.2) is 0 Å². The topological polar surface area (TPSA) is 27.7 Å². The van der Waals surface area contributed by atoms with Crippen molar-refractivity contribution in [2.75, 3.05) is 6.61 Å². The molecule has 0 fully saturated rings. The van der Waals surface area contributed by atoms with Crippen molar-refractivity contribution in [3.05, 3.63) is 0 Å². The highest BCUT2D eigenvalue weighted by molar-refractivity contribution is 7.74. The molecule has 74 valence electrons. The number of thiol groups is 1. The fraction of sp³-hybridized carbons (Fsp3) is 1.00. The first-order valence-corrected chi connectivity index (χ1v) is 4.88. The van der Waals surface area contributed by atoms with Gasteiger partial charge in [-0.1, -0.05) is 44.1 Å². The van der Waals surface area contributed by atoms with Crippen LogP contribution >= 0.6 is 12.9 Å². The molecule has 0 atom stereocenters. The molecule has 0 aromatic rings. The van der Waals surface area contributed by atoms with Gasteiger partial charge >= 0.3 is 0 Å². The highest BCUT2D eigenvalue weighted by Gasteiger charge is 1.90. The van der Waals surface area contributed by atoms with E-state index in [0.29, 0.717) is 6.61 Å². The molecule has 0 aliphatic rings. The minimum Gasteiger partial charge on any atom is -0.205 e. The number of hydrogen-bond donors (Lipinski definition) is 1. The minimum atomic E-state index is 0.576. The Labute approximate surface area is 79.9 Å². The smallest absolute Gasteiger partial charge is 0.0854 e. The largest absolute Gasteiger partial charge is 0.205 e. The average molecular weight is 194 g/mol. The minimum absolute atomic E-state index is 0.576. The van der Waals surface area contributed by atoms with Gasteiger partial charge in [0.2, 0.25) is 0 Å². The van der Waals surface area contributed by atoms with E-state index in [9.17, 15) is 0 Å². The molecule has 0 N–H and O–H groups in total. The van der Waals surface area contributed by atoms with Gasteiger partial charge in [0, 0.05) is 12.9 Å². The molecule has 12 heavy (non-hydrogen) atoms. The Kier molecular flexibility index (Phi) is 11.4. The molecule has 3 nitrogen and oxygen atoms in total. The van der Waals surface area contributed by atoms with Crippen LogP contribution in [-0.2, 0) is 14.3 Å². The Morgan fingerprint density at radius 2 is 1.67 bits per heavy atom. The molecule has 0 radical (unpaired) electrons. The van der Waals surface area contributed by atoms with Crippen LogP contribution in [0.5, 0.6) is 0 Å². The second-order valence-corrected chi connectivity index (χ2v) is 2.88. The van der Waals surface area contributed by atoms with Crippen molar-refractivity contribution in [1.29, 1.82) is 0 Å². The van der Waals surface area contributed by atoms with Gasteiger partial charge in [0.15, 0.2) is 0 Å². The summed E-state index contributed by atoms with van der Waals surface area (Å²) in [6.45, 7) is 2.79. The summed E-state index contributed by atoms with van der Waals surface area (Å²) in [5.74, 6) is 0. The first-order chi connectivity index (χ1) is 5.91. The molecule has 0 rings (SSSR count). The van der Waals surface area contributed by atoms with Crippen LogP contribution in [0.2, 0.25) is 0 Å². The highest BCUT2D eigenvalue weighted by atomic mass is 32.1. The third kappa shape index (κ3) is 10.2. The molecule has 0 aromatic carbocycles. The molecule has 0 saturated carbocycles. The molecule has 0 saturated heterocycles. The summed E-state index contributed by atoms with van der Waals surface area (Å²) in [5.41, 5.74) is 0. The van der Waals surface area contributed by atoms with E-state index in [-0.39, 0.29) is 0 Å². The summed E-state index contributed by atoms with van der Waals surface area (Å²) in [4.78, 5) is 4.59. The Balaban J connectivity index is 2.73. The molecule has 0 aromatic heterocycles. The van der Waals surface area contributed by atoms with Crippen molar-refractivity contribution in [1.82, 2.24) is 0 Å². The van der Waals surface area contributed by atoms with E-state index in [1.54, 1.807) is 0 Å². The molecule has 0 aliphatic carbocycles. The predicted octanol–water partition coefficient (Wildman–Crippen LogP) is 3.07. The normalized spacial score (nSPS) is 10.5. The molecule has 0 bridgehead atoms. The fourth-order valence-corrected chi connectivity index (χ4v) is 1.04. The van der Waals surface area contributed by atoms with Crippen LogP contribution in [-0.4, -0.2) is 6.61 Å². The third-order valence-electron chi connectivity index (χ3n) is 1.66. The zero-order valence-corrected chi connectivity index (χ0v) is 8.52. The summed E-state index contributed by atoms with van der Waals surface area (Å²) >= 11 is 3.34. The maximum atomic E-state index is 4.59. The van der Waals surface area contributed by atoms with Crippen molar-refractivity contribution in [3.8, 4) is 0 Å². The van der Waals surface area contributed by atoms with Crippen LogP contribution in [0.3, 0.4) is 0 Å². The molecular weight excluding hydrogens is 176 g/mol. The number of hydrogen-bond acceptors (Lipinski definition) is 4. The van der Waals surface area contributed by atoms with E-state index in [2.05, 4.69) is 34.1 Å². The first kappa shape index (κ1) is 12.2. The summed E-state index contributed by atoms with van der Waals surface area (Å²) in [7, 11) is 0. The molecule has 0 spiro atoms. The highest BCUT2D eigenvalue weighted by Crippen LogP contribution is 2.04. The third-order valence-corrected chi connectivity index (χ3v) is 1.72. The van der Waals surface area contributed by atoms with Gasteiger partial charge in [0.05, 0.1) is 6.61 Å². The van der Waals surface area contributed by atoms with Gasteiger partial charge in [0.25, 0.3) is 0 Å². The second-order valence-electron chi connectivity index (χ2n) is 2.73. The summed E-state index contributed by atoms with van der Waals surface area (Å²) < 4.78 is 3.96. The summed E-state index contributed by atoms with van der Waals surface area (Å²) in [6.07, 6.45) is 7.42. The van der Waals surface area contributed by atoms with Crippen LogP contribution in [0.4, 0.5) is 0 Å². The van der Waals surface area contributed by atoms with Gasteiger partial charge in [-0.3, -0.25) is 0 Å². The van der Waals surface area contributed by atoms with Crippen molar-refractivity contribution in [2.24, 2.45) is 0 Å². The lowest BCUT2D eigenvalue weighted by Crippen LogP contribution is -1.93. The quantitative estimate of drug-likeness (QED) is 0.201. The van der Waals surface area contributed by atoms with Gasteiger partial charge in [-0.2, -0.15) is 0 Å².